The molecule has 6 nitrogen and oxygen atoms in total. The number of hydrogen-bond acceptors (Lipinski definition) is 5. The normalized spacial score (nSPS) is 9.12. The predicted molar refractivity (Wildman–Crippen MR) is 69.0 cm³/mol. The first kappa shape index (κ1) is 15.2. The summed E-state index contributed by atoms with van der Waals surface area (Å²) >= 11 is 0. The van der Waals surface area contributed by atoms with Crippen molar-refractivity contribution in [1.82, 2.24) is 0 Å². The average Bonchev–Trinajstić information content (AvgIpc) is 2.34. The second kappa shape index (κ2) is 8.35. The average molecular weight is 241 g/mol. The number of nitrogens with zero attached hydrogens (tertiary/aromatic N) is 1. The van der Waals surface area contributed by atoms with Gasteiger partial charge in [-0.15, -0.1) is 0 Å². The Balaban J connectivity index is 0.00000121. The molecule has 0 saturated heterocycles. The van der Waals surface area contributed by atoms with Crippen LogP contribution in [0.5, 0.6) is 0 Å². The van der Waals surface area contributed by atoms with Gasteiger partial charge in [0.1, 0.15) is 0 Å². The van der Waals surface area contributed by atoms with Crippen molar-refractivity contribution in [1.29, 1.82) is 0 Å². The fourth-order valence-electron chi connectivity index (χ4n) is 1.13. The first-order valence-electron chi connectivity index (χ1n) is 5.54. The van der Waals surface area contributed by atoms with E-state index in [1.54, 1.807) is 6.07 Å². The number of nitro benzene ring substituents is 1. The predicted octanol–water partition coefficient (Wildman–Crippen LogP) is 2.00. The van der Waals surface area contributed by atoms with E-state index in [1.807, 2.05) is 13.8 Å². The number of benzene rings is 1. The van der Waals surface area contributed by atoms with Crippen LogP contribution in [0.1, 0.15) is 20.3 Å². The van der Waals surface area contributed by atoms with Crippen LogP contribution in [-0.2, 0) is 0 Å². The van der Waals surface area contributed by atoms with Gasteiger partial charge in [0.2, 0.25) is 0 Å². The summed E-state index contributed by atoms with van der Waals surface area (Å²) in [7, 11) is 0. The molecule has 0 radical (unpaired) electrons. The van der Waals surface area contributed by atoms with Gasteiger partial charge >= 0.3 is 0 Å². The highest BCUT2D eigenvalue weighted by molar-refractivity contribution is 5.69. The quantitative estimate of drug-likeness (QED) is 0.317. The summed E-state index contributed by atoms with van der Waals surface area (Å²) in [6.45, 7) is 4.68. The van der Waals surface area contributed by atoms with Crippen molar-refractivity contribution in [2.75, 3.05) is 24.2 Å². The Morgan fingerprint density at radius 2 is 2.12 bits per heavy atom. The van der Waals surface area contributed by atoms with E-state index in [9.17, 15) is 10.1 Å². The molecule has 0 saturated carbocycles. The fraction of sp³-hybridized carbons (Fsp3) is 0.455. The van der Waals surface area contributed by atoms with Gasteiger partial charge in [-0.3, -0.25) is 10.1 Å². The van der Waals surface area contributed by atoms with Crippen molar-refractivity contribution in [3.63, 3.8) is 0 Å². The number of rotatable bonds is 5. The van der Waals surface area contributed by atoms with E-state index in [0.717, 1.165) is 0 Å². The molecule has 1 aromatic rings. The summed E-state index contributed by atoms with van der Waals surface area (Å²) in [5.41, 5.74) is 6.57. The summed E-state index contributed by atoms with van der Waals surface area (Å²) < 4.78 is 0. The molecule has 0 atom stereocenters. The highest BCUT2D eigenvalue weighted by Crippen LogP contribution is 2.23. The van der Waals surface area contributed by atoms with Gasteiger partial charge in [0.25, 0.3) is 5.69 Å². The summed E-state index contributed by atoms with van der Waals surface area (Å²) in [6, 6.07) is 4.25. The highest BCUT2D eigenvalue weighted by atomic mass is 16.6. The zero-order chi connectivity index (χ0) is 13.3. The van der Waals surface area contributed by atoms with Crippen LogP contribution >= 0.6 is 0 Å². The molecule has 1 aromatic carbocycles. The third-order valence-electron chi connectivity index (χ3n) is 1.90. The number of nitro groups is 1. The lowest BCUT2D eigenvalue weighted by Gasteiger charge is -2.07. The van der Waals surface area contributed by atoms with Gasteiger partial charge in [-0.25, -0.2) is 0 Å². The fourth-order valence-corrected chi connectivity index (χ4v) is 1.13. The van der Waals surface area contributed by atoms with Gasteiger partial charge in [-0.2, -0.15) is 0 Å². The molecule has 17 heavy (non-hydrogen) atoms. The zero-order valence-corrected chi connectivity index (χ0v) is 10.1. The number of aliphatic hydroxyl groups is 1. The lowest BCUT2D eigenvalue weighted by molar-refractivity contribution is -0.384. The molecular formula is C11H19N3O3. The van der Waals surface area contributed by atoms with Crippen molar-refractivity contribution in [2.24, 2.45) is 0 Å². The summed E-state index contributed by atoms with van der Waals surface area (Å²) in [6.07, 6.45) is 0.608. The Labute approximate surface area is 101 Å². The number of non-ortho nitro benzene ring substituents is 1. The van der Waals surface area contributed by atoms with Crippen LogP contribution in [0, 0.1) is 10.1 Å². The van der Waals surface area contributed by atoms with Gasteiger partial charge in [0, 0.05) is 25.3 Å². The standard InChI is InChI=1S/C9H13N3O3.C2H6/c10-8-6-7(12(14)15)2-3-9(8)11-4-1-5-13;1-2/h2-3,6,11,13H,1,4-5,10H2;1-2H3. The van der Waals surface area contributed by atoms with Crippen molar-refractivity contribution in [3.8, 4) is 0 Å². The molecule has 0 spiro atoms. The topological polar surface area (TPSA) is 101 Å². The van der Waals surface area contributed by atoms with Crippen LogP contribution in [-0.4, -0.2) is 23.2 Å². The summed E-state index contributed by atoms with van der Waals surface area (Å²) in [5.74, 6) is 0. The molecule has 6 heteroatoms. The Morgan fingerprint density at radius 3 is 2.59 bits per heavy atom. The minimum absolute atomic E-state index is 0.0276. The van der Waals surface area contributed by atoms with E-state index in [2.05, 4.69) is 5.32 Å². The maximum atomic E-state index is 10.4. The van der Waals surface area contributed by atoms with E-state index in [0.29, 0.717) is 24.3 Å². The smallest absolute Gasteiger partial charge is 0.271 e. The third kappa shape index (κ3) is 5.17. The molecule has 0 aliphatic carbocycles. The van der Waals surface area contributed by atoms with Gasteiger partial charge in [0.05, 0.1) is 16.3 Å². The van der Waals surface area contributed by atoms with Crippen molar-refractivity contribution in [2.45, 2.75) is 20.3 Å². The first-order chi connectivity index (χ1) is 8.15. The minimum Gasteiger partial charge on any atom is -0.397 e. The monoisotopic (exact) mass is 241 g/mol. The molecule has 0 amide bonds. The molecule has 0 heterocycles. The lowest BCUT2D eigenvalue weighted by atomic mass is 10.2. The lowest BCUT2D eigenvalue weighted by Crippen LogP contribution is -2.05. The number of nitrogens with two attached hydrogens (primary N) is 1. The van der Waals surface area contributed by atoms with E-state index in [4.69, 9.17) is 10.8 Å². The SMILES string of the molecule is CC.Nc1cc([N+](=O)[O-])ccc1NCCCO. The third-order valence-corrected chi connectivity index (χ3v) is 1.90. The number of hydrogen-bond donors (Lipinski definition) is 3. The maximum absolute atomic E-state index is 10.4. The number of anilines is 2. The van der Waals surface area contributed by atoms with Gasteiger partial charge in [-0.05, 0) is 12.5 Å². The Bertz CT molecular complexity index is 356. The molecule has 0 unspecified atom stereocenters. The Hall–Kier alpha value is -1.82. The van der Waals surface area contributed by atoms with E-state index in [-0.39, 0.29) is 12.3 Å². The number of nitrogen functional groups attached to an aromatic ring is 1. The molecule has 96 valence electrons. The Morgan fingerprint density at radius 1 is 1.47 bits per heavy atom. The summed E-state index contributed by atoms with van der Waals surface area (Å²) in [5, 5.41) is 22.0. The molecule has 0 fully saturated rings. The Kier molecular flexibility index (Phi) is 7.45. The van der Waals surface area contributed by atoms with Crippen molar-refractivity contribution < 1.29 is 10.0 Å². The van der Waals surface area contributed by atoms with Crippen molar-refractivity contribution >= 4 is 17.1 Å². The second-order valence-corrected chi connectivity index (χ2v) is 3.03. The van der Waals surface area contributed by atoms with E-state index in [1.165, 1.54) is 12.1 Å². The summed E-state index contributed by atoms with van der Waals surface area (Å²) in [4.78, 5) is 9.93. The molecule has 0 aromatic heterocycles. The van der Waals surface area contributed by atoms with Crippen LogP contribution in [0.2, 0.25) is 0 Å². The van der Waals surface area contributed by atoms with E-state index < -0.39 is 4.92 Å². The highest BCUT2D eigenvalue weighted by Gasteiger charge is 2.07. The van der Waals surface area contributed by atoms with Crippen LogP contribution < -0.4 is 11.1 Å². The largest absolute Gasteiger partial charge is 0.397 e. The van der Waals surface area contributed by atoms with Crippen LogP contribution in [0.3, 0.4) is 0 Å². The van der Waals surface area contributed by atoms with Gasteiger partial charge in [0.15, 0.2) is 0 Å². The molecule has 1 rings (SSSR count). The van der Waals surface area contributed by atoms with Crippen molar-refractivity contribution in [3.05, 3.63) is 28.3 Å². The molecule has 0 bridgehead atoms. The number of aliphatic hydroxyl groups excluding tert-OH is 1. The van der Waals surface area contributed by atoms with E-state index >= 15 is 0 Å². The van der Waals surface area contributed by atoms with Crippen LogP contribution in [0.15, 0.2) is 18.2 Å². The maximum Gasteiger partial charge on any atom is 0.271 e. The second-order valence-electron chi connectivity index (χ2n) is 3.03. The first-order valence-corrected chi connectivity index (χ1v) is 5.54. The molecule has 0 aliphatic rings. The van der Waals surface area contributed by atoms with Gasteiger partial charge in [-0.1, -0.05) is 13.8 Å². The minimum atomic E-state index is -0.492. The van der Waals surface area contributed by atoms with Crippen LogP contribution in [0.25, 0.3) is 0 Å². The number of nitrogens with one attached hydrogen (secondary N) is 1. The molecule has 4 N–H and O–H groups in total. The zero-order valence-electron chi connectivity index (χ0n) is 10.1. The molecule has 0 aliphatic heterocycles. The molecular weight excluding hydrogens is 222 g/mol. The van der Waals surface area contributed by atoms with Gasteiger partial charge < -0.3 is 16.2 Å². The van der Waals surface area contributed by atoms with Crippen LogP contribution in [0.4, 0.5) is 17.1 Å².